The predicted molar refractivity (Wildman–Crippen MR) is 62.9 cm³/mol. The third kappa shape index (κ3) is 3.51. The zero-order chi connectivity index (χ0) is 11.5. The molecule has 3 heteroatoms. The Morgan fingerprint density at radius 3 is 2.60 bits per heavy atom. The molecule has 0 aliphatic heterocycles. The number of aliphatic hydroxyl groups is 1. The quantitative estimate of drug-likeness (QED) is 0.826. The maximum Gasteiger partial charge on any atom is 0.0703 e. The Labute approximate surface area is 91.8 Å². The van der Waals surface area contributed by atoms with Gasteiger partial charge in [0.1, 0.15) is 0 Å². The molecular formula is C12H20N2O. The Bertz CT molecular complexity index is 318. The van der Waals surface area contributed by atoms with Crippen LogP contribution in [0.1, 0.15) is 26.3 Å². The van der Waals surface area contributed by atoms with Crippen molar-refractivity contribution in [3.63, 3.8) is 0 Å². The van der Waals surface area contributed by atoms with Gasteiger partial charge in [-0.3, -0.25) is 4.98 Å². The highest BCUT2D eigenvalue weighted by Crippen LogP contribution is 2.22. The first-order valence-electron chi connectivity index (χ1n) is 5.19. The van der Waals surface area contributed by atoms with E-state index in [1.165, 1.54) is 0 Å². The molecule has 1 aromatic rings. The van der Waals surface area contributed by atoms with Crippen LogP contribution in [-0.2, 0) is 6.61 Å². The van der Waals surface area contributed by atoms with Crippen molar-refractivity contribution in [2.75, 3.05) is 18.5 Å². The molecule has 1 heterocycles. The summed E-state index contributed by atoms with van der Waals surface area (Å²) in [6.45, 7) is 7.58. The molecule has 0 bridgehead atoms. The maximum absolute atomic E-state index is 9.21. The normalized spacial score (nSPS) is 11.5. The van der Waals surface area contributed by atoms with E-state index in [2.05, 4.69) is 30.7 Å². The van der Waals surface area contributed by atoms with Crippen molar-refractivity contribution in [2.24, 2.45) is 5.41 Å². The first kappa shape index (κ1) is 12.0. The van der Waals surface area contributed by atoms with Gasteiger partial charge in [-0.15, -0.1) is 0 Å². The van der Waals surface area contributed by atoms with Gasteiger partial charge in [0, 0.05) is 25.4 Å². The molecule has 0 atom stereocenters. The molecule has 0 aromatic carbocycles. The second kappa shape index (κ2) is 4.62. The average Bonchev–Trinajstić information content (AvgIpc) is 2.15. The van der Waals surface area contributed by atoms with Crippen LogP contribution in [0, 0.1) is 5.41 Å². The Morgan fingerprint density at radius 2 is 2.07 bits per heavy atom. The minimum atomic E-state index is 0.0618. The van der Waals surface area contributed by atoms with Gasteiger partial charge in [-0.2, -0.15) is 0 Å². The van der Waals surface area contributed by atoms with Crippen molar-refractivity contribution >= 4 is 5.69 Å². The monoisotopic (exact) mass is 208 g/mol. The lowest BCUT2D eigenvalue weighted by Crippen LogP contribution is -2.29. The predicted octanol–water partition coefficient (Wildman–Crippen LogP) is 2.06. The first-order valence-corrected chi connectivity index (χ1v) is 5.19. The van der Waals surface area contributed by atoms with E-state index in [0.717, 1.165) is 17.8 Å². The molecule has 1 rings (SSSR count). The molecule has 15 heavy (non-hydrogen) atoms. The molecule has 0 radical (unpaired) electrons. The number of aromatic nitrogens is 1. The first-order chi connectivity index (χ1) is 6.94. The number of pyridine rings is 1. The molecule has 0 amide bonds. The van der Waals surface area contributed by atoms with Crippen molar-refractivity contribution in [1.82, 2.24) is 4.98 Å². The van der Waals surface area contributed by atoms with Crippen LogP contribution in [0.3, 0.4) is 0 Å². The summed E-state index contributed by atoms with van der Waals surface area (Å²) >= 11 is 0. The van der Waals surface area contributed by atoms with Crippen LogP contribution < -0.4 is 4.90 Å². The van der Waals surface area contributed by atoms with Gasteiger partial charge in [0.2, 0.25) is 0 Å². The van der Waals surface area contributed by atoms with Crippen molar-refractivity contribution in [3.05, 3.63) is 24.0 Å². The molecule has 0 aliphatic carbocycles. The summed E-state index contributed by atoms with van der Waals surface area (Å²) in [4.78, 5) is 6.23. The molecule has 0 unspecified atom stereocenters. The molecule has 1 N–H and O–H groups in total. The second-order valence-electron chi connectivity index (χ2n) is 5.08. The van der Waals surface area contributed by atoms with Crippen LogP contribution in [-0.4, -0.2) is 23.7 Å². The van der Waals surface area contributed by atoms with Crippen LogP contribution in [0.15, 0.2) is 18.5 Å². The number of nitrogens with zero attached hydrogens (tertiary/aromatic N) is 2. The van der Waals surface area contributed by atoms with Gasteiger partial charge in [-0.25, -0.2) is 0 Å². The van der Waals surface area contributed by atoms with Gasteiger partial charge >= 0.3 is 0 Å². The van der Waals surface area contributed by atoms with E-state index in [9.17, 15) is 5.11 Å². The van der Waals surface area contributed by atoms with Gasteiger partial charge in [0.25, 0.3) is 0 Å². The molecule has 1 aromatic heterocycles. The number of anilines is 1. The topological polar surface area (TPSA) is 36.4 Å². The highest BCUT2D eigenvalue weighted by atomic mass is 16.3. The largest absolute Gasteiger partial charge is 0.392 e. The van der Waals surface area contributed by atoms with E-state index in [1.54, 1.807) is 12.4 Å². The Morgan fingerprint density at radius 1 is 1.40 bits per heavy atom. The number of hydrogen-bond acceptors (Lipinski definition) is 3. The van der Waals surface area contributed by atoms with Gasteiger partial charge in [-0.1, -0.05) is 20.8 Å². The molecule has 0 aliphatic rings. The van der Waals surface area contributed by atoms with Gasteiger partial charge in [0.15, 0.2) is 0 Å². The smallest absolute Gasteiger partial charge is 0.0703 e. The SMILES string of the molecule is CN(CC(C)(C)C)c1cnccc1CO. The standard InChI is InChI=1S/C12H20N2O/c1-12(2,3)9-14(4)11-7-13-6-5-10(11)8-15/h5-7,15H,8-9H2,1-4H3. The molecule has 0 fully saturated rings. The van der Waals surface area contributed by atoms with Crippen LogP contribution in [0.4, 0.5) is 5.69 Å². The number of rotatable bonds is 3. The highest BCUT2D eigenvalue weighted by Gasteiger charge is 2.15. The van der Waals surface area contributed by atoms with Gasteiger partial charge in [-0.05, 0) is 11.5 Å². The van der Waals surface area contributed by atoms with E-state index in [4.69, 9.17) is 0 Å². The minimum Gasteiger partial charge on any atom is -0.392 e. The van der Waals surface area contributed by atoms with E-state index in [0.29, 0.717) is 0 Å². The minimum absolute atomic E-state index is 0.0618. The van der Waals surface area contributed by atoms with E-state index in [-0.39, 0.29) is 12.0 Å². The highest BCUT2D eigenvalue weighted by molar-refractivity contribution is 5.50. The number of aliphatic hydroxyl groups excluding tert-OH is 1. The maximum atomic E-state index is 9.21. The Hall–Kier alpha value is -1.09. The van der Waals surface area contributed by atoms with Crippen LogP contribution in [0.2, 0.25) is 0 Å². The number of hydrogen-bond donors (Lipinski definition) is 1. The van der Waals surface area contributed by atoms with Gasteiger partial charge in [0.05, 0.1) is 18.5 Å². The average molecular weight is 208 g/mol. The van der Waals surface area contributed by atoms with Crippen LogP contribution in [0.25, 0.3) is 0 Å². The molecule has 84 valence electrons. The summed E-state index contributed by atoms with van der Waals surface area (Å²) in [6.07, 6.45) is 3.51. The third-order valence-corrected chi connectivity index (χ3v) is 2.18. The second-order valence-corrected chi connectivity index (χ2v) is 5.08. The fraction of sp³-hybridized carbons (Fsp3) is 0.583. The lowest BCUT2D eigenvalue weighted by atomic mass is 9.96. The van der Waals surface area contributed by atoms with E-state index in [1.807, 2.05) is 13.1 Å². The van der Waals surface area contributed by atoms with Crippen LogP contribution in [0.5, 0.6) is 0 Å². The summed E-state index contributed by atoms with van der Waals surface area (Å²) in [5.41, 5.74) is 2.17. The fourth-order valence-corrected chi connectivity index (χ4v) is 1.69. The lowest BCUT2D eigenvalue weighted by molar-refractivity contribution is 0.281. The molecule has 0 saturated carbocycles. The van der Waals surface area contributed by atoms with Crippen molar-refractivity contribution in [3.8, 4) is 0 Å². The Balaban J connectivity index is 2.86. The fourth-order valence-electron chi connectivity index (χ4n) is 1.69. The summed E-state index contributed by atoms with van der Waals surface area (Å²) in [5, 5.41) is 9.21. The third-order valence-electron chi connectivity index (χ3n) is 2.18. The summed E-state index contributed by atoms with van der Waals surface area (Å²) in [6, 6.07) is 1.86. The lowest BCUT2D eigenvalue weighted by Gasteiger charge is -2.29. The molecule has 3 nitrogen and oxygen atoms in total. The zero-order valence-electron chi connectivity index (χ0n) is 9.99. The molecular weight excluding hydrogens is 188 g/mol. The zero-order valence-corrected chi connectivity index (χ0v) is 9.99. The van der Waals surface area contributed by atoms with E-state index >= 15 is 0 Å². The molecule has 0 spiro atoms. The summed E-state index contributed by atoms with van der Waals surface area (Å²) < 4.78 is 0. The van der Waals surface area contributed by atoms with Gasteiger partial charge < -0.3 is 10.0 Å². The van der Waals surface area contributed by atoms with Crippen molar-refractivity contribution < 1.29 is 5.11 Å². The van der Waals surface area contributed by atoms with Crippen molar-refractivity contribution in [2.45, 2.75) is 27.4 Å². The Kier molecular flexibility index (Phi) is 3.69. The van der Waals surface area contributed by atoms with E-state index < -0.39 is 0 Å². The van der Waals surface area contributed by atoms with Crippen LogP contribution >= 0.6 is 0 Å². The summed E-state index contributed by atoms with van der Waals surface area (Å²) in [5.74, 6) is 0. The molecule has 0 saturated heterocycles. The summed E-state index contributed by atoms with van der Waals surface area (Å²) in [7, 11) is 2.03. The van der Waals surface area contributed by atoms with Crippen molar-refractivity contribution in [1.29, 1.82) is 0 Å².